The predicted octanol–water partition coefficient (Wildman–Crippen LogP) is 3.22. The van der Waals surface area contributed by atoms with E-state index in [-0.39, 0.29) is 22.7 Å². The minimum Gasteiger partial charge on any atom is -0.364 e. The molecule has 3 aromatic heterocycles. The van der Waals surface area contributed by atoms with Crippen molar-refractivity contribution >= 4 is 29.0 Å². The Bertz CT molecular complexity index is 1070. The fourth-order valence-corrected chi connectivity index (χ4v) is 4.51. The van der Waals surface area contributed by atoms with Gasteiger partial charge < -0.3 is 14.7 Å². The lowest BCUT2D eigenvalue weighted by molar-refractivity contribution is 0.101. The van der Waals surface area contributed by atoms with Crippen molar-refractivity contribution < 1.29 is 13.7 Å². The van der Waals surface area contributed by atoms with Crippen LogP contribution in [0.5, 0.6) is 0 Å². The molecule has 0 spiro atoms. The van der Waals surface area contributed by atoms with Crippen molar-refractivity contribution in [1.29, 1.82) is 0 Å². The quantitative estimate of drug-likeness (QED) is 0.602. The molecule has 0 aromatic carbocycles. The summed E-state index contributed by atoms with van der Waals surface area (Å²) >= 11 is 5.81. The van der Waals surface area contributed by atoms with Crippen molar-refractivity contribution in [2.45, 2.75) is 12.8 Å². The number of aryl methyl sites for hydroxylation is 1. The van der Waals surface area contributed by atoms with Crippen molar-refractivity contribution in [1.82, 2.24) is 20.1 Å². The van der Waals surface area contributed by atoms with Gasteiger partial charge in [0.2, 0.25) is 5.28 Å². The zero-order valence-corrected chi connectivity index (χ0v) is 16.6. The number of piperidine rings is 1. The maximum Gasteiger partial charge on any atom is 0.277 e. The molecule has 1 saturated heterocycles. The molecule has 1 aliphatic carbocycles. The number of fused-ring (bicyclic) bond motifs is 1. The Labute approximate surface area is 176 Å². The molecule has 8 nitrogen and oxygen atoms in total. The number of amides is 1. The molecule has 30 heavy (non-hydrogen) atoms. The standard InChI is InChI=1S/C20H18ClFN6O2/c21-20-24-8-14(22)18(26-20)28-9-12-11(13(12)10-28)3-4-15-16(2-1-6-23-15)25-19(29)17-5-7-30-27-17/h1-2,5-8,11-13H,3-4,9-10H2,(H,25,29). The first-order valence-corrected chi connectivity index (χ1v) is 10.1. The Morgan fingerprint density at radius 1 is 1.30 bits per heavy atom. The maximum atomic E-state index is 14.0. The average molecular weight is 429 g/mol. The second-order valence-electron chi connectivity index (χ2n) is 7.58. The minimum absolute atomic E-state index is 0.0545. The van der Waals surface area contributed by atoms with E-state index in [1.54, 1.807) is 12.3 Å². The van der Waals surface area contributed by atoms with E-state index in [9.17, 15) is 9.18 Å². The summed E-state index contributed by atoms with van der Waals surface area (Å²) in [6.45, 7) is 1.52. The van der Waals surface area contributed by atoms with Crippen LogP contribution in [0.3, 0.4) is 0 Å². The SMILES string of the molecule is O=C(Nc1cccnc1CCC1C2CN(c3nc(Cl)ncc3F)CC12)c1ccon1. The van der Waals surface area contributed by atoms with E-state index >= 15 is 0 Å². The molecular weight excluding hydrogens is 411 g/mol. The third kappa shape index (κ3) is 3.60. The smallest absolute Gasteiger partial charge is 0.277 e. The zero-order valence-electron chi connectivity index (χ0n) is 15.8. The van der Waals surface area contributed by atoms with E-state index in [4.69, 9.17) is 16.1 Å². The molecule has 1 N–H and O–H groups in total. The number of carbonyl (C=O) groups excluding carboxylic acids is 1. The van der Waals surface area contributed by atoms with Crippen LogP contribution in [-0.2, 0) is 6.42 Å². The second-order valence-corrected chi connectivity index (χ2v) is 7.92. The molecule has 2 aliphatic rings. The molecule has 154 valence electrons. The van der Waals surface area contributed by atoms with Gasteiger partial charge in [-0.25, -0.2) is 9.37 Å². The molecule has 1 saturated carbocycles. The van der Waals surface area contributed by atoms with E-state index in [1.807, 2.05) is 11.0 Å². The topological polar surface area (TPSA) is 97.0 Å². The lowest BCUT2D eigenvalue weighted by Gasteiger charge is -2.21. The van der Waals surface area contributed by atoms with Crippen LogP contribution in [0.2, 0.25) is 5.28 Å². The highest BCUT2D eigenvalue weighted by Gasteiger charge is 2.55. The summed E-state index contributed by atoms with van der Waals surface area (Å²) in [7, 11) is 0. The first-order chi connectivity index (χ1) is 14.6. The second kappa shape index (κ2) is 7.64. The summed E-state index contributed by atoms with van der Waals surface area (Å²) in [6.07, 6.45) is 5.90. The van der Waals surface area contributed by atoms with Crippen LogP contribution in [0.15, 0.2) is 41.4 Å². The van der Waals surface area contributed by atoms with Crippen LogP contribution in [0.1, 0.15) is 22.6 Å². The average Bonchev–Trinajstić information content (AvgIpc) is 3.15. The van der Waals surface area contributed by atoms with Crippen molar-refractivity contribution in [3.8, 4) is 0 Å². The number of hydrogen-bond acceptors (Lipinski definition) is 7. The molecule has 1 amide bonds. The first-order valence-electron chi connectivity index (χ1n) is 9.69. The summed E-state index contributed by atoms with van der Waals surface area (Å²) in [5, 5.41) is 6.55. The summed E-state index contributed by atoms with van der Waals surface area (Å²) < 4.78 is 18.7. The van der Waals surface area contributed by atoms with E-state index < -0.39 is 5.82 Å². The lowest BCUT2D eigenvalue weighted by atomic mass is 10.1. The van der Waals surface area contributed by atoms with Crippen LogP contribution in [0, 0.1) is 23.6 Å². The molecule has 4 heterocycles. The van der Waals surface area contributed by atoms with Gasteiger partial charge in [0.25, 0.3) is 5.91 Å². The molecule has 0 radical (unpaired) electrons. The highest BCUT2D eigenvalue weighted by molar-refractivity contribution is 6.28. The summed E-state index contributed by atoms with van der Waals surface area (Å²) in [5.41, 5.74) is 1.74. The number of pyridine rings is 1. The largest absolute Gasteiger partial charge is 0.364 e. The van der Waals surface area contributed by atoms with Gasteiger partial charge in [0, 0.05) is 25.4 Å². The first kappa shape index (κ1) is 18.9. The Balaban J connectivity index is 1.18. The zero-order chi connectivity index (χ0) is 20.7. The van der Waals surface area contributed by atoms with Gasteiger partial charge in [-0.05, 0) is 54.3 Å². The molecular formula is C20H18ClFN6O2. The van der Waals surface area contributed by atoms with Gasteiger partial charge >= 0.3 is 0 Å². The van der Waals surface area contributed by atoms with Gasteiger partial charge in [0.1, 0.15) is 6.26 Å². The van der Waals surface area contributed by atoms with Gasteiger partial charge in [-0.2, -0.15) is 4.98 Å². The van der Waals surface area contributed by atoms with Gasteiger partial charge in [-0.3, -0.25) is 9.78 Å². The Morgan fingerprint density at radius 2 is 2.13 bits per heavy atom. The summed E-state index contributed by atoms with van der Waals surface area (Å²) in [6, 6.07) is 5.13. The molecule has 0 bridgehead atoms. The molecule has 5 rings (SSSR count). The lowest BCUT2D eigenvalue weighted by Crippen LogP contribution is -2.26. The van der Waals surface area contributed by atoms with E-state index in [2.05, 4.69) is 25.4 Å². The predicted molar refractivity (Wildman–Crippen MR) is 107 cm³/mol. The van der Waals surface area contributed by atoms with Crippen LogP contribution < -0.4 is 10.2 Å². The van der Waals surface area contributed by atoms with Crippen LogP contribution in [0.25, 0.3) is 0 Å². The Hall–Kier alpha value is -3.07. The third-order valence-electron chi connectivity index (χ3n) is 5.89. The van der Waals surface area contributed by atoms with E-state index in [0.717, 1.165) is 37.8 Å². The molecule has 2 fully saturated rings. The van der Waals surface area contributed by atoms with Crippen molar-refractivity contribution in [3.63, 3.8) is 0 Å². The number of hydrogen-bond donors (Lipinski definition) is 1. The molecule has 3 aromatic rings. The van der Waals surface area contributed by atoms with E-state index in [0.29, 0.717) is 23.4 Å². The van der Waals surface area contributed by atoms with Crippen LogP contribution in [-0.4, -0.2) is 39.1 Å². The number of aromatic nitrogens is 4. The highest BCUT2D eigenvalue weighted by Crippen LogP contribution is 2.54. The number of anilines is 2. The van der Waals surface area contributed by atoms with Gasteiger partial charge in [0.05, 0.1) is 17.6 Å². The molecule has 10 heteroatoms. The minimum atomic E-state index is -0.446. The fraction of sp³-hybridized carbons (Fsp3) is 0.350. The number of carbonyl (C=O) groups is 1. The maximum absolute atomic E-state index is 14.0. The summed E-state index contributed by atoms with van der Waals surface area (Å²) in [5.74, 6) is 1.08. The number of halogens is 2. The molecule has 1 aliphatic heterocycles. The molecule has 2 atom stereocenters. The highest BCUT2D eigenvalue weighted by atomic mass is 35.5. The van der Waals surface area contributed by atoms with Crippen LogP contribution >= 0.6 is 11.6 Å². The normalized spacial score (nSPS) is 22.1. The molecule has 2 unspecified atom stereocenters. The van der Waals surface area contributed by atoms with Crippen molar-refractivity contribution in [2.75, 3.05) is 23.3 Å². The Morgan fingerprint density at radius 3 is 2.90 bits per heavy atom. The van der Waals surface area contributed by atoms with Gasteiger partial charge in [-0.1, -0.05) is 5.16 Å². The third-order valence-corrected chi connectivity index (χ3v) is 6.07. The number of nitrogens with one attached hydrogen (secondary N) is 1. The monoisotopic (exact) mass is 428 g/mol. The summed E-state index contributed by atoms with van der Waals surface area (Å²) in [4.78, 5) is 26.3. The van der Waals surface area contributed by atoms with E-state index in [1.165, 1.54) is 12.3 Å². The van der Waals surface area contributed by atoms with Gasteiger partial charge in [0.15, 0.2) is 17.3 Å². The van der Waals surface area contributed by atoms with Crippen molar-refractivity contribution in [3.05, 3.63) is 59.3 Å². The number of rotatable bonds is 6. The van der Waals surface area contributed by atoms with Gasteiger partial charge in [-0.15, -0.1) is 0 Å². The van der Waals surface area contributed by atoms with Crippen molar-refractivity contribution in [2.24, 2.45) is 17.8 Å². The van der Waals surface area contributed by atoms with Crippen LogP contribution in [0.4, 0.5) is 15.9 Å². The Kier molecular flexibility index (Phi) is 4.82. The number of nitrogens with zero attached hydrogens (tertiary/aromatic N) is 5. The fourth-order valence-electron chi connectivity index (χ4n) is 4.38.